The molecule has 0 radical (unpaired) electrons. The van der Waals surface area contributed by atoms with E-state index in [9.17, 15) is 0 Å². The van der Waals surface area contributed by atoms with Gasteiger partial charge < -0.3 is 9.32 Å². The molecular weight excluding hydrogens is 691 g/mol. The molecule has 57 heavy (non-hydrogen) atoms. The average molecular weight is 734 g/mol. The largest absolute Gasteiger partial charge is 0.455 e. The summed E-state index contributed by atoms with van der Waals surface area (Å²) in [5, 5.41) is 4.83. The standard InChI is InChI=1S/C55H43NO/c1-53(2)43-20-12-9-15-35(43)37-26-23-32(29-45(37)53)56(33-24-27-38-36-16-10-13-21-44(36)54(3,4)46(38)30-33)34-25-28-41-47(31-34)55(5,6)51-49(41)39-17-7-8-18-40(39)52-50(51)42-19-11-14-22-48(42)57-52/h7-31H,1-6H3. The molecular formula is C55H43NO. The zero-order valence-electron chi connectivity index (χ0n) is 33.3. The maximum atomic E-state index is 6.71. The lowest BCUT2D eigenvalue weighted by Crippen LogP contribution is -2.19. The van der Waals surface area contributed by atoms with Crippen molar-refractivity contribution in [3.05, 3.63) is 185 Å². The summed E-state index contributed by atoms with van der Waals surface area (Å²) in [5.74, 6) is 0. The average Bonchev–Trinajstić information content (AvgIpc) is 3.87. The first-order valence-electron chi connectivity index (χ1n) is 20.4. The van der Waals surface area contributed by atoms with Crippen molar-refractivity contribution in [2.45, 2.75) is 57.8 Å². The lowest BCUT2D eigenvalue weighted by Gasteiger charge is -2.31. The Balaban J connectivity index is 1.10. The molecule has 9 aromatic rings. The number of para-hydroxylation sites is 1. The van der Waals surface area contributed by atoms with Gasteiger partial charge in [0, 0.05) is 49.5 Å². The van der Waals surface area contributed by atoms with Crippen LogP contribution in [0.1, 0.15) is 74.9 Å². The second kappa shape index (κ2) is 10.9. The summed E-state index contributed by atoms with van der Waals surface area (Å²) in [6.07, 6.45) is 0. The number of nitrogens with zero attached hydrogens (tertiary/aromatic N) is 1. The van der Waals surface area contributed by atoms with Gasteiger partial charge in [-0.1, -0.05) is 151 Å². The smallest absolute Gasteiger partial charge is 0.143 e. The van der Waals surface area contributed by atoms with Crippen LogP contribution in [0.5, 0.6) is 0 Å². The number of furan rings is 1. The van der Waals surface area contributed by atoms with Crippen LogP contribution < -0.4 is 4.90 Å². The summed E-state index contributed by atoms with van der Waals surface area (Å²) < 4.78 is 6.71. The third-order valence-electron chi connectivity index (χ3n) is 14.0. The number of hydrogen-bond acceptors (Lipinski definition) is 2. The number of benzene rings is 8. The van der Waals surface area contributed by atoms with E-state index in [1.165, 1.54) is 99.7 Å². The molecule has 3 aliphatic carbocycles. The van der Waals surface area contributed by atoms with Gasteiger partial charge in [-0.15, -0.1) is 0 Å². The van der Waals surface area contributed by atoms with Crippen molar-refractivity contribution in [2.24, 2.45) is 0 Å². The fourth-order valence-corrected chi connectivity index (χ4v) is 11.2. The first-order valence-corrected chi connectivity index (χ1v) is 20.4. The number of rotatable bonds is 3. The van der Waals surface area contributed by atoms with E-state index in [0.717, 1.165) is 16.9 Å². The van der Waals surface area contributed by atoms with E-state index in [2.05, 4.69) is 198 Å². The molecule has 0 saturated carbocycles. The van der Waals surface area contributed by atoms with E-state index in [0.29, 0.717) is 0 Å². The highest BCUT2D eigenvalue weighted by Gasteiger charge is 2.42. The van der Waals surface area contributed by atoms with Crippen LogP contribution in [-0.4, -0.2) is 0 Å². The Morgan fingerprint density at radius 2 is 0.825 bits per heavy atom. The van der Waals surface area contributed by atoms with E-state index in [4.69, 9.17) is 4.42 Å². The molecule has 1 heterocycles. The van der Waals surface area contributed by atoms with Crippen LogP contribution in [0.4, 0.5) is 17.1 Å². The van der Waals surface area contributed by atoms with Crippen LogP contribution >= 0.6 is 0 Å². The van der Waals surface area contributed by atoms with E-state index in [-0.39, 0.29) is 16.2 Å². The molecule has 0 bridgehead atoms. The highest BCUT2D eigenvalue weighted by atomic mass is 16.3. The molecule has 2 heteroatoms. The lowest BCUT2D eigenvalue weighted by molar-refractivity contribution is 0.659. The topological polar surface area (TPSA) is 16.4 Å². The molecule has 0 N–H and O–H groups in total. The fourth-order valence-electron chi connectivity index (χ4n) is 11.2. The van der Waals surface area contributed by atoms with Crippen molar-refractivity contribution >= 4 is 49.8 Å². The molecule has 274 valence electrons. The molecule has 0 amide bonds. The Morgan fingerprint density at radius 1 is 0.386 bits per heavy atom. The van der Waals surface area contributed by atoms with Crippen molar-refractivity contribution in [2.75, 3.05) is 4.90 Å². The Morgan fingerprint density at radius 3 is 1.40 bits per heavy atom. The van der Waals surface area contributed by atoms with Gasteiger partial charge in [0.15, 0.2) is 0 Å². The minimum absolute atomic E-state index is 0.115. The lowest BCUT2D eigenvalue weighted by atomic mass is 9.79. The second-order valence-electron chi connectivity index (χ2n) is 18.1. The molecule has 0 atom stereocenters. The van der Waals surface area contributed by atoms with E-state index < -0.39 is 0 Å². The highest BCUT2D eigenvalue weighted by molar-refractivity contribution is 6.23. The molecule has 1 aromatic heterocycles. The number of hydrogen-bond donors (Lipinski definition) is 0. The van der Waals surface area contributed by atoms with Gasteiger partial charge in [0.25, 0.3) is 0 Å². The zero-order chi connectivity index (χ0) is 38.6. The van der Waals surface area contributed by atoms with E-state index in [1.54, 1.807) is 0 Å². The summed E-state index contributed by atoms with van der Waals surface area (Å²) >= 11 is 0. The van der Waals surface area contributed by atoms with Crippen molar-refractivity contribution in [1.82, 2.24) is 0 Å². The van der Waals surface area contributed by atoms with Crippen molar-refractivity contribution in [3.63, 3.8) is 0 Å². The van der Waals surface area contributed by atoms with Gasteiger partial charge in [0.2, 0.25) is 0 Å². The van der Waals surface area contributed by atoms with Crippen LogP contribution in [0.15, 0.2) is 156 Å². The maximum Gasteiger partial charge on any atom is 0.143 e. The quantitative estimate of drug-likeness (QED) is 0.180. The highest BCUT2D eigenvalue weighted by Crippen LogP contribution is 2.58. The number of fused-ring (bicyclic) bond motifs is 16. The van der Waals surface area contributed by atoms with Crippen LogP contribution in [0.25, 0.3) is 66.1 Å². The molecule has 0 fully saturated rings. The molecule has 0 spiro atoms. The second-order valence-corrected chi connectivity index (χ2v) is 18.1. The van der Waals surface area contributed by atoms with Gasteiger partial charge in [-0.2, -0.15) is 0 Å². The SMILES string of the molecule is CC1(C)c2ccccc2-c2ccc(N(c3ccc4c(c3)C(C)(C)c3ccccc3-4)c3ccc4c(c3)C(C)(C)c3c-4c4ccccc4c4oc5ccccc5c34)cc21. The Bertz CT molecular complexity index is 3120. The van der Waals surface area contributed by atoms with Gasteiger partial charge >= 0.3 is 0 Å². The number of anilines is 3. The van der Waals surface area contributed by atoms with Gasteiger partial charge in [0.05, 0.1) is 0 Å². The molecule has 0 aliphatic heterocycles. The molecule has 8 aromatic carbocycles. The van der Waals surface area contributed by atoms with Crippen LogP contribution in [0.3, 0.4) is 0 Å². The van der Waals surface area contributed by atoms with Crippen molar-refractivity contribution < 1.29 is 4.42 Å². The first-order chi connectivity index (χ1) is 27.5. The first kappa shape index (κ1) is 32.8. The third-order valence-corrected chi connectivity index (χ3v) is 14.0. The predicted octanol–water partition coefficient (Wildman–Crippen LogP) is 15.1. The van der Waals surface area contributed by atoms with Gasteiger partial charge in [-0.05, 0) is 115 Å². The van der Waals surface area contributed by atoms with Crippen molar-refractivity contribution in [1.29, 1.82) is 0 Å². The van der Waals surface area contributed by atoms with Gasteiger partial charge in [-0.3, -0.25) is 0 Å². The molecule has 12 rings (SSSR count). The monoisotopic (exact) mass is 733 g/mol. The summed E-state index contributed by atoms with van der Waals surface area (Å²) in [6.45, 7) is 14.3. The summed E-state index contributed by atoms with van der Waals surface area (Å²) in [4.78, 5) is 2.51. The maximum absolute atomic E-state index is 6.71. The predicted molar refractivity (Wildman–Crippen MR) is 239 cm³/mol. The Hall–Kier alpha value is -6.38. The fraction of sp³-hybridized carbons (Fsp3) is 0.164. The summed E-state index contributed by atoms with van der Waals surface area (Å²) in [6, 6.07) is 56.8. The third kappa shape index (κ3) is 4.15. The van der Waals surface area contributed by atoms with E-state index in [1.807, 2.05) is 0 Å². The minimum atomic E-state index is -0.287. The summed E-state index contributed by atoms with van der Waals surface area (Å²) in [7, 11) is 0. The Kier molecular flexibility index (Phi) is 6.29. The normalized spacial score (nSPS) is 16.0. The van der Waals surface area contributed by atoms with Crippen molar-refractivity contribution in [3.8, 4) is 33.4 Å². The Labute approximate surface area is 334 Å². The molecule has 3 aliphatic rings. The summed E-state index contributed by atoms with van der Waals surface area (Å²) in [5.41, 5.74) is 21.1. The van der Waals surface area contributed by atoms with Crippen LogP contribution in [0, 0.1) is 0 Å². The van der Waals surface area contributed by atoms with Gasteiger partial charge in [0.1, 0.15) is 11.2 Å². The van der Waals surface area contributed by atoms with E-state index >= 15 is 0 Å². The molecule has 0 unspecified atom stereocenters. The molecule has 2 nitrogen and oxygen atoms in total. The van der Waals surface area contributed by atoms with Gasteiger partial charge in [-0.25, -0.2) is 0 Å². The zero-order valence-corrected chi connectivity index (χ0v) is 33.3. The molecule has 0 saturated heterocycles. The van der Waals surface area contributed by atoms with Crippen LogP contribution in [0.2, 0.25) is 0 Å². The van der Waals surface area contributed by atoms with Crippen LogP contribution in [-0.2, 0) is 16.2 Å². The minimum Gasteiger partial charge on any atom is -0.455 e.